The summed E-state index contributed by atoms with van der Waals surface area (Å²) < 4.78 is 0. The fraction of sp³-hybridized carbons (Fsp3) is 0.636. The lowest BCUT2D eigenvalue weighted by Gasteiger charge is -2.20. The predicted octanol–water partition coefficient (Wildman–Crippen LogP) is 1.84. The normalized spacial score (nSPS) is 20.0. The molecule has 6 heteroatoms. The molecule has 1 aliphatic heterocycles. The Kier molecular flexibility index (Phi) is 4.09. The predicted molar refractivity (Wildman–Crippen MR) is 68.3 cm³/mol. The van der Waals surface area contributed by atoms with E-state index in [1.807, 2.05) is 6.07 Å². The summed E-state index contributed by atoms with van der Waals surface area (Å²) in [6.07, 6.45) is 2.48. The molecular weight excluding hydrogens is 238 g/mol. The Morgan fingerprint density at radius 3 is 3.06 bits per heavy atom. The van der Waals surface area contributed by atoms with Gasteiger partial charge in [0.15, 0.2) is 0 Å². The Balaban J connectivity index is 1.84. The van der Waals surface area contributed by atoms with Crippen LogP contribution in [0.3, 0.4) is 0 Å². The highest BCUT2D eigenvalue weighted by molar-refractivity contribution is 7.15. The third-order valence-electron chi connectivity index (χ3n) is 2.95. The lowest BCUT2D eigenvalue weighted by atomic mass is 10.2. The van der Waals surface area contributed by atoms with Crippen LogP contribution in [0.4, 0.5) is 5.00 Å². The Morgan fingerprint density at radius 1 is 1.65 bits per heavy atom. The number of nitrogens with one attached hydrogen (secondary N) is 1. The average molecular weight is 255 g/mol. The number of nitrogens with zero attached hydrogens (tertiary/aromatic N) is 2. The molecule has 0 aromatic carbocycles. The van der Waals surface area contributed by atoms with E-state index in [-0.39, 0.29) is 9.92 Å². The second-order valence-corrected chi connectivity index (χ2v) is 5.63. The van der Waals surface area contributed by atoms with Crippen molar-refractivity contribution in [2.75, 3.05) is 20.1 Å². The van der Waals surface area contributed by atoms with Gasteiger partial charge in [0.25, 0.3) is 0 Å². The number of rotatable bonds is 5. The molecule has 1 atom stereocenters. The summed E-state index contributed by atoms with van der Waals surface area (Å²) in [5.74, 6) is 0. The monoisotopic (exact) mass is 255 g/mol. The first kappa shape index (κ1) is 12.5. The van der Waals surface area contributed by atoms with Crippen LogP contribution in [0, 0.1) is 10.1 Å². The molecule has 17 heavy (non-hydrogen) atoms. The summed E-state index contributed by atoms with van der Waals surface area (Å²) in [4.78, 5) is 13.5. The lowest BCUT2D eigenvalue weighted by molar-refractivity contribution is -0.380. The van der Waals surface area contributed by atoms with Crippen molar-refractivity contribution in [2.24, 2.45) is 0 Å². The first-order chi connectivity index (χ1) is 8.15. The molecule has 0 amide bonds. The van der Waals surface area contributed by atoms with E-state index in [0.717, 1.165) is 24.5 Å². The molecule has 0 radical (unpaired) electrons. The van der Waals surface area contributed by atoms with Crippen molar-refractivity contribution in [2.45, 2.75) is 25.4 Å². The summed E-state index contributed by atoms with van der Waals surface area (Å²) in [6.45, 7) is 2.91. The lowest BCUT2D eigenvalue weighted by Crippen LogP contribution is -2.34. The fourth-order valence-electron chi connectivity index (χ4n) is 2.17. The quantitative estimate of drug-likeness (QED) is 0.644. The topological polar surface area (TPSA) is 58.4 Å². The van der Waals surface area contributed by atoms with Crippen LogP contribution in [0.15, 0.2) is 12.1 Å². The van der Waals surface area contributed by atoms with Crippen LogP contribution in [-0.2, 0) is 6.54 Å². The molecule has 1 aliphatic rings. The van der Waals surface area contributed by atoms with Gasteiger partial charge in [-0.1, -0.05) is 11.3 Å². The van der Waals surface area contributed by atoms with Gasteiger partial charge in [-0.2, -0.15) is 0 Å². The summed E-state index contributed by atoms with van der Waals surface area (Å²) >= 11 is 1.27. The Hall–Kier alpha value is -0.980. The zero-order valence-corrected chi connectivity index (χ0v) is 10.7. The van der Waals surface area contributed by atoms with E-state index in [1.165, 1.54) is 24.2 Å². The van der Waals surface area contributed by atoms with Crippen LogP contribution in [-0.4, -0.2) is 36.0 Å². The van der Waals surface area contributed by atoms with E-state index in [9.17, 15) is 10.1 Å². The van der Waals surface area contributed by atoms with Gasteiger partial charge in [-0.3, -0.25) is 15.0 Å². The van der Waals surface area contributed by atoms with Gasteiger partial charge >= 0.3 is 5.00 Å². The molecule has 2 rings (SSSR count). The van der Waals surface area contributed by atoms with Crippen LogP contribution < -0.4 is 5.32 Å². The van der Waals surface area contributed by atoms with Crippen LogP contribution in [0.1, 0.15) is 17.7 Å². The van der Waals surface area contributed by atoms with Crippen molar-refractivity contribution in [3.63, 3.8) is 0 Å². The van der Waals surface area contributed by atoms with E-state index in [0.29, 0.717) is 6.04 Å². The zero-order chi connectivity index (χ0) is 12.3. The van der Waals surface area contributed by atoms with Crippen molar-refractivity contribution >= 4 is 16.3 Å². The first-order valence-electron chi connectivity index (χ1n) is 5.80. The highest BCUT2D eigenvalue weighted by Crippen LogP contribution is 2.24. The number of hydrogen-bond donors (Lipinski definition) is 1. The van der Waals surface area contributed by atoms with Gasteiger partial charge < -0.3 is 5.32 Å². The minimum absolute atomic E-state index is 0.229. The van der Waals surface area contributed by atoms with Gasteiger partial charge in [0.2, 0.25) is 0 Å². The molecule has 1 aromatic rings. The SMILES string of the molecule is CN(Cc1ccc([N+](=O)[O-])s1)CC1CCCN1. The number of hydrogen-bond acceptors (Lipinski definition) is 5. The molecule has 94 valence electrons. The van der Waals surface area contributed by atoms with E-state index in [2.05, 4.69) is 17.3 Å². The summed E-state index contributed by atoms with van der Waals surface area (Å²) in [5.41, 5.74) is 0. The van der Waals surface area contributed by atoms with Gasteiger partial charge in [0.05, 0.1) is 4.92 Å². The first-order valence-corrected chi connectivity index (χ1v) is 6.62. The molecule has 0 aliphatic carbocycles. The van der Waals surface area contributed by atoms with Crippen LogP contribution in [0.2, 0.25) is 0 Å². The van der Waals surface area contributed by atoms with E-state index in [1.54, 1.807) is 6.07 Å². The number of nitro groups is 1. The second kappa shape index (κ2) is 5.57. The summed E-state index contributed by atoms with van der Waals surface area (Å²) in [6, 6.07) is 4.01. The van der Waals surface area contributed by atoms with Crippen LogP contribution in [0.5, 0.6) is 0 Å². The third kappa shape index (κ3) is 3.49. The highest BCUT2D eigenvalue weighted by atomic mass is 32.1. The van der Waals surface area contributed by atoms with Gasteiger partial charge in [-0.15, -0.1) is 0 Å². The molecule has 1 fully saturated rings. The van der Waals surface area contributed by atoms with Gasteiger partial charge in [0.1, 0.15) is 0 Å². The maximum atomic E-state index is 10.6. The third-order valence-corrected chi connectivity index (χ3v) is 3.97. The Labute approximate surface area is 105 Å². The molecule has 1 unspecified atom stereocenters. The molecule has 1 aromatic heterocycles. The van der Waals surface area contributed by atoms with E-state index < -0.39 is 0 Å². The molecule has 2 heterocycles. The minimum Gasteiger partial charge on any atom is -0.313 e. The molecule has 0 saturated carbocycles. The molecule has 1 saturated heterocycles. The molecule has 0 bridgehead atoms. The number of likely N-dealkylation sites (N-methyl/N-ethyl adjacent to an activating group) is 1. The van der Waals surface area contributed by atoms with Gasteiger partial charge in [-0.25, -0.2) is 0 Å². The van der Waals surface area contributed by atoms with Crippen molar-refractivity contribution < 1.29 is 4.92 Å². The summed E-state index contributed by atoms with van der Waals surface area (Å²) in [5, 5.41) is 14.3. The van der Waals surface area contributed by atoms with Crippen LogP contribution >= 0.6 is 11.3 Å². The smallest absolute Gasteiger partial charge is 0.313 e. The molecule has 0 spiro atoms. The zero-order valence-electron chi connectivity index (χ0n) is 9.89. The standard InChI is InChI=1S/C11H17N3O2S/c1-13(7-9-3-2-6-12-9)8-10-4-5-11(17-10)14(15)16/h4-5,9,12H,2-3,6-8H2,1H3. The van der Waals surface area contributed by atoms with Crippen LogP contribution in [0.25, 0.3) is 0 Å². The second-order valence-electron chi connectivity index (χ2n) is 4.49. The van der Waals surface area contributed by atoms with E-state index >= 15 is 0 Å². The Morgan fingerprint density at radius 2 is 2.47 bits per heavy atom. The largest absolute Gasteiger partial charge is 0.324 e. The van der Waals surface area contributed by atoms with Crippen molar-refractivity contribution in [1.29, 1.82) is 0 Å². The Bertz CT molecular complexity index is 388. The molecular formula is C11H17N3O2S. The minimum atomic E-state index is -0.327. The highest BCUT2D eigenvalue weighted by Gasteiger charge is 2.17. The maximum Gasteiger partial charge on any atom is 0.324 e. The van der Waals surface area contributed by atoms with E-state index in [4.69, 9.17) is 0 Å². The molecule has 5 nitrogen and oxygen atoms in total. The summed E-state index contributed by atoms with van der Waals surface area (Å²) in [7, 11) is 2.06. The average Bonchev–Trinajstić information content (AvgIpc) is 2.88. The van der Waals surface area contributed by atoms with Crippen molar-refractivity contribution in [3.8, 4) is 0 Å². The van der Waals surface area contributed by atoms with Gasteiger partial charge in [0, 0.05) is 30.1 Å². The van der Waals surface area contributed by atoms with Gasteiger partial charge in [-0.05, 0) is 32.5 Å². The van der Waals surface area contributed by atoms with Crippen molar-refractivity contribution in [3.05, 3.63) is 27.1 Å². The molecule has 1 N–H and O–H groups in total. The van der Waals surface area contributed by atoms with Crippen molar-refractivity contribution in [1.82, 2.24) is 10.2 Å². The number of thiophene rings is 1. The fourth-order valence-corrected chi connectivity index (χ4v) is 3.07. The maximum absolute atomic E-state index is 10.6.